The minimum Gasteiger partial charge on any atom is -0.327 e. The molecule has 0 aliphatic heterocycles. The lowest BCUT2D eigenvalue weighted by molar-refractivity contribution is 0.530. The maximum atomic E-state index is 13.9. The average molecular weight is 361 g/mol. The van der Waals surface area contributed by atoms with Gasteiger partial charge in [0, 0.05) is 16.6 Å². The Bertz CT molecular complexity index is 619. The fourth-order valence-electron chi connectivity index (χ4n) is 2.04. The van der Waals surface area contributed by atoms with Crippen LogP contribution in [0.5, 0.6) is 0 Å². The zero-order chi connectivity index (χ0) is 14.7. The van der Waals surface area contributed by atoms with Crippen molar-refractivity contribution in [3.63, 3.8) is 0 Å². The Morgan fingerprint density at radius 3 is 2.50 bits per heavy atom. The van der Waals surface area contributed by atoms with E-state index in [-0.39, 0.29) is 16.5 Å². The number of hydrogen-bond donors (Lipinski definition) is 1. The Morgan fingerprint density at radius 2 is 1.80 bits per heavy atom. The van der Waals surface area contributed by atoms with E-state index in [4.69, 9.17) is 17.3 Å². The van der Waals surface area contributed by atoms with Gasteiger partial charge in [0.1, 0.15) is 11.6 Å². The summed E-state index contributed by atoms with van der Waals surface area (Å²) in [5.41, 5.74) is 6.86. The number of halogens is 4. The van der Waals surface area contributed by atoms with Gasteiger partial charge in [-0.05, 0) is 52.5 Å². The monoisotopic (exact) mass is 359 g/mol. The first kappa shape index (κ1) is 15.4. The van der Waals surface area contributed by atoms with Gasteiger partial charge in [0.15, 0.2) is 0 Å². The Morgan fingerprint density at radius 1 is 1.10 bits per heavy atom. The first-order chi connectivity index (χ1) is 9.49. The molecule has 0 aliphatic rings. The lowest BCUT2D eigenvalue weighted by Crippen LogP contribution is -2.26. The van der Waals surface area contributed by atoms with Crippen molar-refractivity contribution in [3.8, 4) is 0 Å². The van der Waals surface area contributed by atoms with Crippen LogP contribution in [0.2, 0.25) is 5.02 Å². The van der Waals surface area contributed by atoms with Crippen LogP contribution in [0.15, 0.2) is 40.9 Å². The normalized spacial score (nSPS) is 12.4. The summed E-state index contributed by atoms with van der Waals surface area (Å²) in [5, 5.41) is 0.609. The molecule has 0 aliphatic carbocycles. The molecule has 20 heavy (non-hydrogen) atoms. The molecule has 0 amide bonds. The van der Waals surface area contributed by atoms with Crippen molar-refractivity contribution in [1.29, 1.82) is 0 Å². The molecule has 0 saturated heterocycles. The third kappa shape index (κ3) is 3.57. The highest BCUT2D eigenvalue weighted by atomic mass is 79.9. The Hall–Kier alpha value is -0.970. The van der Waals surface area contributed by atoms with E-state index in [1.54, 1.807) is 6.07 Å². The maximum absolute atomic E-state index is 13.9. The van der Waals surface area contributed by atoms with Crippen LogP contribution in [0, 0.1) is 11.6 Å². The summed E-state index contributed by atoms with van der Waals surface area (Å²) in [6.07, 6.45) is 0.577. The summed E-state index contributed by atoms with van der Waals surface area (Å²) in [6, 6.07) is 9.46. The quantitative estimate of drug-likeness (QED) is 0.799. The van der Waals surface area contributed by atoms with E-state index < -0.39 is 17.7 Å². The number of benzene rings is 2. The standard InChI is InChI=1S/C15H13BrClF2N/c16-12-5-6-14(18)11(15(12)19)8-10(20)7-9-3-1-2-4-13(9)17/h1-6,10H,7-8,20H2. The second-order valence-electron chi connectivity index (χ2n) is 4.58. The Balaban J connectivity index is 2.15. The predicted octanol–water partition coefficient (Wildman–Crippen LogP) is 4.49. The summed E-state index contributed by atoms with van der Waals surface area (Å²) in [5.74, 6) is -1.18. The van der Waals surface area contributed by atoms with Crippen molar-refractivity contribution in [1.82, 2.24) is 0 Å². The molecule has 106 valence electrons. The van der Waals surface area contributed by atoms with Crippen LogP contribution in [0.3, 0.4) is 0 Å². The number of rotatable bonds is 4. The summed E-state index contributed by atoms with van der Waals surface area (Å²) in [7, 11) is 0. The molecule has 0 radical (unpaired) electrons. The third-order valence-electron chi connectivity index (χ3n) is 3.05. The van der Waals surface area contributed by atoms with Gasteiger partial charge in [-0.3, -0.25) is 0 Å². The van der Waals surface area contributed by atoms with Crippen molar-refractivity contribution >= 4 is 27.5 Å². The van der Waals surface area contributed by atoms with E-state index in [9.17, 15) is 8.78 Å². The van der Waals surface area contributed by atoms with E-state index in [2.05, 4.69) is 15.9 Å². The molecule has 0 spiro atoms. The molecule has 0 fully saturated rings. The van der Waals surface area contributed by atoms with Crippen LogP contribution in [0.25, 0.3) is 0 Å². The molecule has 2 N–H and O–H groups in total. The average Bonchev–Trinajstić information content (AvgIpc) is 2.42. The lowest BCUT2D eigenvalue weighted by atomic mass is 9.99. The highest BCUT2D eigenvalue weighted by Gasteiger charge is 2.16. The van der Waals surface area contributed by atoms with Crippen molar-refractivity contribution in [2.24, 2.45) is 5.73 Å². The molecule has 1 nitrogen and oxygen atoms in total. The molecule has 2 aromatic rings. The number of hydrogen-bond acceptors (Lipinski definition) is 1. The van der Waals surface area contributed by atoms with E-state index in [1.807, 2.05) is 18.2 Å². The van der Waals surface area contributed by atoms with Gasteiger partial charge >= 0.3 is 0 Å². The highest BCUT2D eigenvalue weighted by Crippen LogP contribution is 2.24. The zero-order valence-corrected chi connectivity index (χ0v) is 12.9. The summed E-state index contributed by atoms with van der Waals surface area (Å²) >= 11 is 9.09. The molecule has 0 heterocycles. The lowest BCUT2D eigenvalue weighted by Gasteiger charge is -2.14. The predicted molar refractivity (Wildman–Crippen MR) is 80.9 cm³/mol. The summed E-state index contributed by atoms with van der Waals surface area (Å²) < 4.78 is 27.8. The van der Waals surface area contributed by atoms with Crippen LogP contribution in [0.1, 0.15) is 11.1 Å². The maximum Gasteiger partial charge on any atom is 0.143 e. The van der Waals surface area contributed by atoms with Gasteiger partial charge < -0.3 is 5.73 Å². The van der Waals surface area contributed by atoms with E-state index in [0.29, 0.717) is 11.4 Å². The Kier molecular flexibility index (Phi) is 5.13. The molecule has 2 aromatic carbocycles. The number of nitrogens with two attached hydrogens (primary N) is 1. The smallest absolute Gasteiger partial charge is 0.143 e. The molecule has 2 rings (SSSR count). The van der Waals surface area contributed by atoms with Crippen LogP contribution >= 0.6 is 27.5 Å². The molecule has 1 unspecified atom stereocenters. The van der Waals surface area contributed by atoms with Gasteiger partial charge in [0.05, 0.1) is 4.47 Å². The molecule has 1 atom stereocenters. The largest absolute Gasteiger partial charge is 0.327 e. The van der Waals surface area contributed by atoms with Crippen molar-refractivity contribution < 1.29 is 8.78 Å². The SMILES string of the molecule is NC(Cc1ccccc1Cl)Cc1c(F)ccc(Br)c1F. The molecule has 0 saturated carbocycles. The first-order valence-electron chi connectivity index (χ1n) is 6.10. The highest BCUT2D eigenvalue weighted by molar-refractivity contribution is 9.10. The van der Waals surface area contributed by atoms with E-state index in [1.165, 1.54) is 12.1 Å². The fourth-order valence-corrected chi connectivity index (χ4v) is 2.62. The molecule has 0 aromatic heterocycles. The van der Waals surface area contributed by atoms with Gasteiger partial charge in [0.2, 0.25) is 0 Å². The second kappa shape index (κ2) is 6.66. The fraction of sp³-hybridized carbons (Fsp3) is 0.200. The van der Waals surface area contributed by atoms with E-state index >= 15 is 0 Å². The van der Waals surface area contributed by atoms with Crippen LogP contribution in [-0.2, 0) is 12.8 Å². The molecule has 0 bridgehead atoms. The van der Waals surface area contributed by atoms with Crippen LogP contribution in [-0.4, -0.2) is 6.04 Å². The third-order valence-corrected chi connectivity index (χ3v) is 4.03. The minimum absolute atomic E-state index is 0.000992. The van der Waals surface area contributed by atoms with E-state index in [0.717, 1.165) is 5.56 Å². The van der Waals surface area contributed by atoms with Gasteiger partial charge in [-0.15, -0.1) is 0 Å². The molecular weight excluding hydrogens is 348 g/mol. The first-order valence-corrected chi connectivity index (χ1v) is 7.27. The van der Waals surface area contributed by atoms with Crippen molar-refractivity contribution in [3.05, 3.63) is 68.7 Å². The second-order valence-corrected chi connectivity index (χ2v) is 5.84. The van der Waals surface area contributed by atoms with Gasteiger partial charge in [-0.1, -0.05) is 29.8 Å². The molecular formula is C15H13BrClF2N. The van der Waals surface area contributed by atoms with Crippen molar-refractivity contribution in [2.75, 3.05) is 0 Å². The summed E-state index contributed by atoms with van der Waals surface area (Å²) in [6.45, 7) is 0. The molecule has 5 heteroatoms. The van der Waals surface area contributed by atoms with Gasteiger partial charge in [0.25, 0.3) is 0 Å². The Labute approximate surface area is 129 Å². The zero-order valence-electron chi connectivity index (χ0n) is 10.5. The topological polar surface area (TPSA) is 26.0 Å². The van der Waals surface area contributed by atoms with Crippen LogP contribution in [0.4, 0.5) is 8.78 Å². The van der Waals surface area contributed by atoms with Gasteiger partial charge in [-0.25, -0.2) is 8.78 Å². The minimum atomic E-state index is -0.598. The van der Waals surface area contributed by atoms with Gasteiger partial charge in [-0.2, -0.15) is 0 Å². The summed E-state index contributed by atoms with van der Waals surface area (Å²) in [4.78, 5) is 0. The van der Waals surface area contributed by atoms with Crippen LogP contribution < -0.4 is 5.73 Å². The van der Waals surface area contributed by atoms with Crippen molar-refractivity contribution in [2.45, 2.75) is 18.9 Å².